The fraction of sp³-hybridized carbons (Fsp3) is 0.394. The van der Waals surface area contributed by atoms with Gasteiger partial charge in [0, 0.05) is 48.7 Å². The van der Waals surface area contributed by atoms with Crippen LogP contribution in [0.5, 0.6) is 5.75 Å². The molecule has 2 aromatic carbocycles. The summed E-state index contributed by atoms with van der Waals surface area (Å²) in [6.07, 6.45) is 3.56. The maximum absolute atomic E-state index is 14.1. The zero-order valence-corrected chi connectivity index (χ0v) is 27.1. The lowest BCUT2D eigenvalue weighted by Crippen LogP contribution is -2.45. The van der Waals surface area contributed by atoms with Gasteiger partial charge in [0.25, 0.3) is 11.5 Å². The zero-order chi connectivity index (χ0) is 32.1. The van der Waals surface area contributed by atoms with Crippen LogP contribution in [0.2, 0.25) is 18.6 Å². The van der Waals surface area contributed by atoms with Crippen molar-refractivity contribution in [3.05, 3.63) is 100 Å². The van der Waals surface area contributed by atoms with Crippen molar-refractivity contribution in [3.8, 4) is 11.4 Å². The van der Waals surface area contributed by atoms with E-state index in [1.165, 1.54) is 11.7 Å². The first-order valence-corrected chi connectivity index (χ1v) is 18.2. The SMILES string of the molecule is COc1cccn(-c2ccc3c(c2)[C@@]2(O[C@H](CCn4cc(C(CO)c5ccccc5)nn4)[C@@H]([Si](C)(C)O)[C@@H]2C)C(=O)N3C)c1=O. The number of carbonyl (C=O) groups is 1. The number of aliphatic hydroxyl groups excluding tert-OH is 1. The second kappa shape index (κ2) is 11.7. The summed E-state index contributed by atoms with van der Waals surface area (Å²) < 4.78 is 15.3. The molecule has 2 N–H and O–H groups in total. The van der Waals surface area contributed by atoms with Crippen molar-refractivity contribution in [1.29, 1.82) is 0 Å². The Bertz CT molecular complexity index is 1770. The van der Waals surface area contributed by atoms with Gasteiger partial charge in [-0.2, -0.15) is 0 Å². The van der Waals surface area contributed by atoms with Gasteiger partial charge in [-0.25, -0.2) is 0 Å². The van der Waals surface area contributed by atoms with E-state index in [9.17, 15) is 19.5 Å². The van der Waals surface area contributed by atoms with Gasteiger partial charge >= 0.3 is 0 Å². The number of hydrogen-bond acceptors (Lipinski definition) is 8. The van der Waals surface area contributed by atoms with Crippen molar-refractivity contribution >= 4 is 19.9 Å². The van der Waals surface area contributed by atoms with Crippen LogP contribution in [0.15, 0.2) is 77.9 Å². The Morgan fingerprint density at radius 2 is 1.87 bits per heavy atom. The van der Waals surface area contributed by atoms with Gasteiger partial charge in [0.15, 0.2) is 19.7 Å². The molecule has 45 heavy (non-hydrogen) atoms. The molecule has 1 fully saturated rings. The van der Waals surface area contributed by atoms with Crippen LogP contribution >= 0.6 is 0 Å². The molecule has 2 aromatic heterocycles. The molecule has 4 aromatic rings. The number of nitrogens with zero attached hydrogens (tertiary/aromatic N) is 5. The van der Waals surface area contributed by atoms with E-state index in [4.69, 9.17) is 9.47 Å². The van der Waals surface area contributed by atoms with Crippen LogP contribution in [-0.4, -0.2) is 70.6 Å². The van der Waals surface area contributed by atoms with Crippen molar-refractivity contribution in [1.82, 2.24) is 19.6 Å². The Hall–Kier alpha value is -4.10. The molecule has 4 heterocycles. The predicted octanol–water partition coefficient (Wildman–Crippen LogP) is 3.43. The summed E-state index contributed by atoms with van der Waals surface area (Å²) in [5, 5.41) is 18.8. The number of benzene rings is 2. The summed E-state index contributed by atoms with van der Waals surface area (Å²) in [5.41, 5.74) is 1.69. The van der Waals surface area contributed by atoms with Crippen molar-refractivity contribution in [3.63, 3.8) is 0 Å². The van der Waals surface area contributed by atoms with Gasteiger partial charge in [0.05, 0.1) is 37.1 Å². The summed E-state index contributed by atoms with van der Waals surface area (Å²) >= 11 is 0. The largest absolute Gasteiger partial charge is 0.491 e. The topological polar surface area (TPSA) is 132 Å². The number of anilines is 1. The molecule has 1 amide bonds. The molecule has 11 nitrogen and oxygen atoms in total. The highest BCUT2D eigenvalue weighted by Crippen LogP contribution is 2.59. The molecular formula is C33H39N5O6Si. The van der Waals surface area contributed by atoms with E-state index in [2.05, 4.69) is 10.3 Å². The molecule has 2 aliphatic heterocycles. The van der Waals surface area contributed by atoms with Gasteiger partial charge in [-0.1, -0.05) is 42.5 Å². The third kappa shape index (κ3) is 5.11. The Kier molecular flexibility index (Phi) is 8.02. The van der Waals surface area contributed by atoms with E-state index in [0.29, 0.717) is 35.6 Å². The fourth-order valence-corrected chi connectivity index (χ4v) is 9.92. The van der Waals surface area contributed by atoms with E-state index >= 15 is 0 Å². The number of pyridine rings is 1. The first kappa shape index (κ1) is 30.9. The molecule has 12 heteroatoms. The van der Waals surface area contributed by atoms with E-state index in [1.807, 2.05) is 68.7 Å². The molecule has 0 aliphatic carbocycles. The van der Waals surface area contributed by atoms with Crippen LogP contribution in [0.25, 0.3) is 5.69 Å². The lowest BCUT2D eigenvalue weighted by Gasteiger charge is -2.32. The monoisotopic (exact) mass is 629 g/mol. The number of aromatic nitrogens is 4. The molecule has 0 bridgehead atoms. The molecule has 1 spiro atoms. The Balaban J connectivity index is 1.33. The average molecular weight is 630 g/mol. The second-order valence-corrected chi connectivity index (χ2v) is 16.5. The van der Waals surface area contributed by atoms with E-state index in [-0.39, 0.29) is 41.2 Å². The Morgan fingerprint density at radius 1 is 1.11 bits per heavy atom. The number of rotatable bonds is 9. The summed E-state index contributed by atoms with van der Waals surface area (Å²) in [5.74, 6) is -0.616. The molecule has 2 aliphatic rings. The minimum Gasteiger partial charge on any atom is -0.491 e. The third-order valence-corrected chi connectivity index (χ3v) is 12.0. The van der Waals surface area contributed by atoms with Crippen LogP contribution in [0.3, 0.4) is 0 Å². The van der Waals surface area contributed by atoms with Crippen molar-refractivity contribution in [2.45, 2.75) is 56.1 Å². The average Bonchev–Trinajstić information content (AvgIpc) is 3.67. The first-order chi connectivity index (χ1) is 21.5. The number of ether oxygens (including phenoxy) is 2. The minimum atomic E-state index is -2.86. The van der Waals surface area contributed by atoms with E-state index in [0.717, 1.165) is 5.56 Å². The Morgan fingerprint density at radius 3 is 2.56 bits per heavy atom. The van der Waals surface area contributed by atoms with Crippen LogP contribution in [0.4, 0.5) is 5.69 Å². The highest BCUT2D eigenvalue weighted by atomic mass is 28.4. The number of likely N-dealkylation sites (N-methyl/N-ethyl adjacent to an activating group) is 1. The third-order valence-electron chi connectivity index (χ3n) is 9.45. The summed E-state index contributed by atoms with van der Waals surface area (Å²) in [7, 11) is 0.322. The summed E-state index contributed by atoms with van der Waals surface area (Å²) in [6.45, 7) is 6.11. The maximum Gasteiger partial charge on any atom is 0.297 e. The van der Waals surface area contributed by atoms with Crippen LogP contribution in [-0.2, 0) is 21.7 Å². The Labute approximate surface area is 262 Å². The fourth-order valence-electron chi connectivity index (χ4n) is 7.32. The quantitative estimate of drug-likeness (QED) is 0.269. The lowest BCUT2D eigenvalue weighted by molar-refractivity contribution is -0.145. The van der Waals surface area contributed by atoms with Gasteiger partial charge in [-0.15, -0.1) is 5.10 Å². The van der Waals surface area contributed by atoms with Gasteiger partial charge in [-0.3, -0.25) is 18.8 Å². The highest BCUT2D eigenvalue weighted by Gasteiger charge is 2.65. The number of aliphatic hydroxyl groups is 1. The minimum absolute atomic E-state index is 0.0975. The summed E-state index contributed by atoms with van der Waals surface area (Å²) in [6, 6.07) is 18.5. The van der Waals surface area contributed by atoms with Crippen molar-refractivity contribution < 1.29 is 24.2 Å². The highest BCUT2D eigenvalue weighted by molar-refractivity contribution is 6.71. The molecule has 236 valence electrons. The van der Waals surface area contributed by atoms with Crippen LogP contribution in [0, 0.1) is 5.92 Å². The zero-order valence-electron chi connectivity index (χ0n) is 26.1. The number of hydrogen-bond donors (Lipinski definition) is 2. The molecule has 1 saturated heterocycles. The second-order valence-electron chi connectivity index (χ2n) is 12.5. The van der Waals surface area contributed by atoms with E-state index < -0.39 is 20.0 Å². The number of aryl methyl sites for hydroxylation is 1. The van der Waals surface area contributed by atoms with Gasteiger partial charge in [0.1, 0.15) is 0 Å². The smallest absolute Gasteiger partial charge is 0.297 e. The van der Waals surface area contributed by atoms with Crippen LogP contribution < -0.4 is 15.2 Å². The first-order valence-electron chi connectivity index (χ1n) is 15.2. The van der Waals surface area contributed by atoms with Crippen LogP contribution in [0.1, 0.15) is 36.1 Å². The number of methoxy groups -OCH3 is 1. The molecule has 5 atom stereocenters. The maximum atomic E-state index is 14.1. The standard InChI is InChI=1S/C33H39N5O6Si/c1-21-30(45(4,5)42)28(15-17-37-19-26(34-35-37)24(20-39)22-10-7-6-8-11-22)44-33(21)25-18-23(13-14-27(25)36(2)32(33)41)38-16-9-12-29(43-3)31(38)40/h6-14,16,18-19,21,24,28,30,39,42H,15,17,20H2,1-5H3/t21-,24?,28+,30-,33+/m0/s1. The number of carbonyl (C=O) groups excluding carboxylic acids is 1. The molecule has 0 radical (unpaired) electrons. The molecule has 1 unspecified atom stereocenters. The normalized spacial score (nSPS) is 23.5. The molecule has 0 saturated carbocycles. The van der Waals surface area contributed by atoms with Crippen molar-refractivity contribution in [2.24, 2.45) is 5.92 Å². The number of amides is 1. The molecular weight excluding hydrogens is 590 g/mol. The van der Waals surface area contributed by atoms with Gasteiger partial charge < -0.3 is 24.3 Å². The summed E-state index contributed by atoms with van der Waals surface area (Å²) in [4.78, 5) is 40.4. The molecule has 6 rings (SSSR count). The predicted molar refractivity (Wildman–Crippen MR) is 171 cm³/mol. The number of fused-ring (bicyclic) bond motifs is 2. The van der Waals surface area contributed by atoms with Gasteiger partial charge in [-0.05, 0) is 55.4 Å². The lowest BCUT2D eigenvalue weighted by atomic mass is 9.82. The van der Waals surface area contributed by atoms with E-state index in [1.54, 1.807) is 41.0 Å². The van der Waals surface area contributed by atoms with Gasteiger partial charge in [0.2, 0.25) is 0 Å². The van der Waals surface area contributed by atoms with Crippen molar-refractivity contribution in [2.75, 3.05) is 25.7 Å².